The van der Waals surface area contributed by atoms with Gasteiger partial charge in [0.25, 0.3) is 5.56 Å². The lowest BCUT2D eigenvalue weighted by Crippen LogP contribution is -2.36. The number of carbonyl (C=O) groups is 2. The topological polar surface area (TPSA) is 137 Å². The van der Waals surface area contributed by atoms with Crippen molar-refractivity contribution in [3.8, 4) is 11.1 Å². The van der Waals surface area contributed by atoms with Crippen molar-refractivity contribution in [1.29, 1.82) is 0 Å². The van der Waals surface area contributed by atoms with E-state index in [4.69, 9.17) is 5.73 Å². The summed E-state index contributed by atoms with van der Waals surface area (Å²) in [6, 6.07) is 7.40. The van der Waals surface area contributed by atoms with Gasteiger partial charge in [-0.25, -0.2) is 9.59 Å². The standard InChI is InChI=1S/C20H23N3O5/c1-11-5-2-3-8-23(11)10-12-6-4-7-13(9-12)14-15(19(25)26)17(21)22-18(24)16(14)20(27)28/h4,6-7,9,11H,2-3,5,8,10H2,1H3,(H,25,26)(H,27,28)(H3,21,22,24). The molecule has 1 atom stereocenters. The van der Waals surface area contributed by atoms with Crippen LogP contribution in [0.5, 0.6) is 0 Å². The monoisotopic (exact) mass is 385 g/mol. The number of nitrogens with two attached hydrogens (primary N) is 1. The van der Waals surface area contributed by atoms with Crippen molar-refractivity contribution >= 4 is 17.8 Å². The highest BCUT2D eigenvalue weighted by atomic mass is 16.4. The molecular weight excluding hydrogens is 362 g/mol. The zero-order valence-electron chi connectivity index (χ0n) is 15.6. The molecule has 0 radical (unpaired) electrons. The van der Waals surface area contributed by atoms with Crippen molar-refractivity contribution in [1.82, 2.24) is 9.88 Å². The van der Waals surface area contributed by atoms with Crippen LogP contribution < -0.4 is 11.3 Å². The van der Waals surface area contributed by atoms with Crippen LogP contribution >= 0.6 is 0 Å². The van der Waals surface area contributed by atoms with Crippen LogP contribution in [-0.4, -0.2) is 44.6 Å². The summed E-state index contributed by atoms with van der Waals surface area (Å²) < 4.78 is 0. The number of aromatic nitrogens is 1. The number of piperidine rings is 1. The van der Waals surface area contributed by atoms with E-state index in [1.807, 2.05) is 6.07 Å². The zero-order valence-corrected chi connectivity index (χ0v) is 15.6. The van der Waals surface area contributed by atoms with E-state index < -0.39 is 28.6 Å². The summed E-state index contributed by atoms with van der Waals surface area (Å²) >= 11 is 0. The number of hydrogen-bond donors (Lipinski definition) is 4. The first-order valence-corrected chi connectivity index (χ1v) is 9.15. The SMILES string of the molecule is CC1CCCCN1Cc1cccc(-c2c(C(=O)O)c(N)[nH]c(=O)c2C(=O)O)c1. The average Bonchev–Trinajstić information content (AvgIpc) is 2.62. The van der Waals surface area contributed by atoms with Gasteiger partial charge in [0, 0.05) is 18.2 Å². The van der Waals surface area contributed by atoms with E-state index in [1.165, 1.54) is 6.42 Å². The van der Waals surface area contributed by atoms with Crippen LogP contribution in [0.2, 0.25) is 0 Å². The highest BCUT2D eigenvalue weighted by Crippen LogP contribution is 2.30. The van der Waals surface area contributed by atoms with Gasteiger partial charge in [0.15, 0.2) is 0 Å². The second kappa shape index (κ2) is 7.85. The lowest BCUT2D eigenvalue weighted by atomic mass is 9.94. The van der Waals surface area contributed by atoms with Gasteiger partial charge in [-0.3, -0.25) is 9.69 Å². The summed E-state index contributed by atoms with van der Waals surface area (Å²) in [6.45, 7) is 3.81. The fourth-order valence-corrected chi connectivity index (χ4v) is 3.79. The fraction of sp³-hybridized carbons (Fsp3) is 0.350. The van der Waals surface area contributed by atoms with Crippen LogP contribution in [0.25, 0.3) is 11.1 Å². The largest absolute Gasteiger partial charge is 0.478 e. The molecule has 2 aromatic rings. The molecule has 0 amide bonds. The maximum Gasteiger partial charge on any atom is 0.342 e. The predicted octanol–water partition coefficient (Wildman–Crippen LogP) is 2.39. The Morgan fingerprint density at radius 3 is 2.57 bits per heavy atom. The maximum absolute atomic E-state index is 12.2. The maximum atomic E-state index is 12.2. The van der Waals surface area contributed by atoms with Crippen molar-refractivity contribution in [2.75, 3.05) is 12.3 Å². The fourth-order valence-electron chi connectivity index (χ4n) is 3.79. The second-order valence-electron chi connectivity index (χ2n) is 7.12. The number of nitrogen functional groups attached to an aromatic ring is 1. The number of aromatic amines is 1. The number of carboxylic acid groups (broad SMARTS) is 2. The Morgan fingerprint density at radius 1 is 1.21 bits per heavy atom. The van der Waals surface area contributed by atoms with Gasteiger partial charge < -0.3 is 20.9 Å². The molecule has 148 valence electrons. The Balaban J connectivity index is 2.12. The molecule has 0 aliphatic carbocycles. The number of anilines is 1. The molecule has 1 aromatic carbocycles. The average molecular weight is 385 g/mol. The first kappa shape index (κ1) is 19.6. The summed E-state index contributed by atoms with van der Waals surface area (Å²) in [7, 11) is 0. The molecule has 1 aliphatic rings. The molecule has 1 fully saturated rings. The van der Waals surface area contributed by atoms with E-state index in [0.717, 1.165) is 24.9 Å². The highest BCUT2D eigenvalue weighted by molar-refractivity contribution is 6.07. The number of nitrogens with zero attached hydrogens (tertiary/aromatic N) is 1. The van der Waals surface area contributed by atoms with Gasteiger partial charge in [-0.1, -0.05) is 24.6 Å². The number of carboxylic acids is 2. The lowest BCUT2D eigenvalue weighted by molar-refractivity contribution is 0.0695. The van der Waals surface area contributed by atoms with Crippen molar-refractivity contribution in [3.05, 3.63) is 51.3 Å². The van der Waals surface area contributed by atoms with Crippen molar-refractivity contribution in [2.24, 2.45) is 0 Å². The second-order valence-corrected chi connectivity index (χ2v) is 7.12. The molecule has 3 rings (SSSR count). The molecule has 0 bridgehead atoms. The first-order valence-electron chi connectivity index (χ1n) is 9.15. The minimum absolute atomic E-state index is 0.171. The summed E-state index contributed by atoms with van der Waals surface area (Å²) in [5, 5.41) is 19.1. The molecular formula is C20H23N3O5. The summed E-state index contributed by atoms with van der Waals surface area (Å²) in [6.07, 6.45) is 3.45. The Morgan fingerprint density at radius 2 is 1.93 bits per heavy atom. The zero-order chi connectivity index (χ0) is 20.4. The van der Waals surface area contributed by atoms with Crippen molar-refractivity contribution in [2.45, 2.75) is 38.8 Å². The number of likely N-dealkylation sites (tertiary alicyclic amines) is 1. The Bertz CT molecular complexity index is 982. The predicted molar refractivity (Wildman–Crippen MR) is 105 cm³/mol. The number of H-pyrrole nitrogens is 1. The minimum Gasteiger partial charge on any atom is -0.478 e. The Hall–Kier alpha value is -3.13. The summed E-state index contributed by atoms with van der Waals surface area (Å²) in [5.74, 6) is -3.28. The number of rotatable bonds is 5. The van der Waals surface area contributed by atoms with Crippen LogP contribution in [0.3, 0.4) is 0 Å². The number of benzene rings is 1. The van der Waals surface area contributed by atoms with E-state index in [0.29, 0.717) is 18.2 Å². The number of pyridine rings is 1. The Labute approximate surface area is 161 Å². The van der Waals surface area contributed by atoms with Gasteiger partial charge in [-0.05, 0) is 43.5 Å². The third-order valence-electron chi connectivity index (χ3n) is 5.21. The third-order valence-corrected chi connectivity index (χ3v) is 5.21. The lowest BCUT2D eigenvalue weighted by Gasteiger charge is -2.33. The molecule has 2 heterocycles. The molecule has 8 nitrogen and oxygen atoms in total. The Kier molecular flexibility index (Phi) is 5.51. The van der Waals surface area contributed by atoms with E-state index >= 15 is 0 Å². The molecule has 1 aliphatic heterocycles. The van der Waals surface area contributed by atoms with Gasteiger partial charge in [-0.15, -0.1) is 0 Å². The van der Waals surface area contributed by atoms with Crippen LogP contribution in [0, 0.1) is 0 Å². The van der Waals surface area contributed by atoms with Gasteiger partial charge in [-0.2, -0.15) is 0 Å². The van der Waals surface area contributed by atoms with Crippen LogP contribution in [-0.2, 0) is 6.54 Å². The number of aromatic carboxylic acids is 2. The molecule has 1 saturated heterocycles. The molecule has 0 saturated carbocycles. The first-order chi connectivity index (χ1) is 13.3. The van der Waals surface area contributed by atoms with Crippen LogP contribution in [0.4, 0.5) is 5.82 Å². The van der Waals surface area contributed by atoms with E-state index in [9.17, 15) is 24.6 Å². The molecule has 28 heavy (non-hydrogen) atoms. The molecule has 1 unspecified atom stereocenters. The van der Waals surface area contributed by atoms with Crippen LogP contribution in [0.1, 0.15) is 52.5 Å². The molecule has 5 N–H and O–H groups in total. The van der Waals surface area contributed by atoms with Crippen LogP contribution in [0.15, 0.2) is 29.1 Å². The van der Waals surface area contributed by atoms with E-state index in [2.05, 4.69) is 16.8 Å². The van der Waals surface area contributed by atoms with E-state index in [1.54, 1.807) is 18.2 Å². The highest BCUT2D eigenvalue weighted by Gasteiger charge is 2.27. The number of hydrogen-bond acceptors (Lipinski definition) is 5. The summed E-state index contributed by atoms with van der Waals surface area (Å²) in [4.78, 5) is 40.1. The number of nitrogens with one attached hydrogen (secondary N) is 1. The van der Waals surface area contributed by atoms with Gasteiger partial charge in [0.1, 0.15) is 16.9 Å². The summed E-state index contributed by atoms with van der Waals surface area (Å²) in [5.41, 5.74) is 4.81. The third kappa shape index (κ3) is 3.77. The van der Waals surface area contributed by atoms with E-state index in [-0.39, 0.29) is 11.4 Å². The smallest absolute Gasteiger partial charge is 0.342 e. The van der Waals surface area contributed by atoms with Gasteiger partial charge in [0.2, 0.25) is 0 Å². The van der Waals surface area contributed by atoms with Crippen molar-refractivity contribution in [3.63, 3.8) is 0 Å². The van der Waals surface area contributed by atoms with Gasteiger partial charge >= 0.3 is 11.9 Å². The quantitative estimate of drug-likeness (QED) is 0.620. The minimum atomic E-state index is -1.51. The van der Waals surface area contributed by atoms with Crippen molar-refractivity contribution < 1.29 is 19.8 Å². The molecule has 1 aromatic heterocycles. The molecule has 8 heteroatoms. The normalized spacial score (nSPS) is 17.4. The van der Waals surface area contributed by atoms with Gasteiger partial charge in [0.05, 0.1) is 0 Å². The molecule has 0 spiro atoms.